The molecule has 212 valence electrons. The smallest absolute Gasteiger partial charge is 0.301 e. The number of benzene rings is 3. The number of sulfone groups is 1. The van der Waals surface area contributed by atoms with Crippen LogP contribution in [0.4, 0.5) is 26.3 Å². The van der Waals surface area contributed by atoms with E-state index in [9.17, 15) is 34.8 Å². The van der Waals surface area contributed by atoms with Crippen LogP contribution in [0.15, 0.2) is 84.0 Å². The second-order valence-corrected chi connectivity index (χ2v) is 11.2. The average Bonchev–Trinajstić information content (AvgIpc) is 3.54. The van der Waals surface area contributed by atoms with E-state index in [4.69, 9.17) is 0 Å². The fourth-order valence-electron chi connectivity index (χ4n) is 4.28. The zero-order chi connectivity index (χ0) is 29.7. The summed E-state index contributed by atoms with van der Waals surface area (Å²) in [5.74, 6) is 0.0154. The summed E-state index contributed by atoms with van der Waals surface area (Å²) >= 11 is 0. The van der Waals surface area contributed by atoms with Gasteiger partial charge in [-0.05, 0) is 54.4 Å². The Morgan fingerprint density at radius 1 is 0.780 bits per heavy atom. The van der Waals surface area contributed by atoms with Gasteiger partial charge in [-0.1, -0.05) is 35.5 Å². The monoisotopic (exact) mass is 591 g/mol. The van der Waals surface area contributed by atoms with Crippen molar-refractivity contribution in [3.05, 3.63) is 96.2 Å². The van der Waals surface area contributed by atoms with E-state index in [1.807, 2.05) is 0 Å². The third-order valence-electron chi connectivity index (χ3n) is 6.29. The van der Waals surface area contributed by atoms with E-state index in [0.717, 1.165) is 24.6 Å². The summed E-state index contributed by atoms with van der Waals surface area (Å²) in [5.41, 5.74) is 0.0238. The van der Waals surface area contributed by atoms with Gasteiger partial charge in [0.05, 0.1) is 33.7 Å². The number of halogens is 6. The lowest BCUT2D eigenvalue weighted by atomic mass is 10.0. The molecule has 2 aromatic heterocycles. The standard InChI is InChI=1S/C27H19F6N5O2S/c1-16-35-25(27(31,32)33)15-37(16)22-11-8-19(18-4-3-5-21(12-18)41(2,39)40)13-23(22)38-24(14-34-36-38)17-6-9-20(10-7-17)26(28,29)30/h3-15H,1-2H3. The number of alkyl halides is 6. The normalized spacial score (nSPS) is 12.6. The Morgan fingerprint density at radius 3 is 2.05 bits per heavy atom. The van der Waals surface area contributed by atoms with Gasteiger partial charge in [-0.15, -0.1) is 5.10 Å². The summed E-state index contributed by atoms with van der Waals surface area (Å²) in [7, 11) is -3.54. The minimum absolute atomic E-state index is 0.0154. The molecule has 0 aliphatic carbocycles. The molecule has 0 saturated carbocycles. The molecule has 0 fully saturated rings. The van der Waals surface area contributed by atoms with Gasteiger partial charge < -0.3 is 4.57 Å². The van der Waals surface area contributed by atoms with Crippen molar-refractivity contribution in [2.45, 2.75) is 24.2 Å². The van der Waals surface area contributed by atoms with Crippen LogP contribution in [0.3, 0.4) is 0 Å². The second-order valence-electron chi connectivity index (χ2n) is 9.15. The van der Waals surface area contributed by atoms with Crippen LogP contribution in [-0.2, 0) is 22.2 Å². The molecule has 0 spiro atoms. The first-order valence-corrected chi connectivity index (χ1v) is 13.7. The first-order valence-electron chi connectivity index (χ1n) is 11.8. The Bertz CT molecular complexity index is 1860. The largest absolute Gasteiger partial charge is 0.434 e. The van der Waals surface area contributed by atoms with E-state index in [1.54, 1.807) is 24.3 Å². The van der Waals surface area contributed by atoms with Gasteiger partial charge in [0.25, 0.3) is 0 Å². The zero-order valence-electron chi connectivity index (χ0n) is 21.2. The van der Waals surface area contributed by atoms with Crippen LogP contribution in [0.2, 0.25) is 0 Å². The maximum absolute atomic E-state index is 13.5. The molecule has 0 bridgehead atoms. The van der Waals surface area contributed by atoms with Crippen molar-refractivity contribution in [2.75, 3.05) is 6.26 Å². The van der Waals surface area contributed by atoms with Crippen molar-refractivity contribution in [3.8, 4) is 33.8 Å². The van der Waals surface area contributed by atoms with Crippen molar-refractivity contribution < 1.29 is 34.8 Å². The molecule has 14 heteroatoms. The lowest BCUT2D eigenvalue weighted by Crippen LogP contribution is -2.08. The molecule has 2 heterocycles. The number of nitrogens with zero attached hydrogens (tertiary/aromatic N) is 5. The van der Waals surface area contributed by atoms with Crippen molar-refractivity contribution in [3.63, 3.8) is 0 Å². The van der Waals surface area contributed by atoms with Gasteiger partial charge in [0.2, 0.25) is 0 Å². The molecular formula is C27H19F6N5O2S. The zero-order valence-corrected chi connectivity index (χ0v) is 22.1. The minimum atomic E-state index is -4.71. The maximum Gasteiger partial charge on any atom is 0.434 e. The summed E-state index contributed by atoms with van der Waals surface area (Å²) in [6.07, 6.45) is -6.06. The van der Waals surface area contributed by atoms with Crippen molar-refractivity contribution >= 4 is 9.84 Å². The van der Waals surface area contributed by atoms with E-state index in [-0.39, 0.29) is 27.8 Å². The van der Waals surface area contributed by atoms with Gasteiger partial charge in [-0.2, -0.15) is 26.3 Å². The van der Waals surface area contributed by atoms with Gasteiger partial charge in [0.15, 0.2) is 15.5 Å². The lowest BCUT2D eigenvalue weighted by molar-refractivity contribution is -0.141. The molecule has 0 radical (unpaired) electrons. The highest BCUT2D eigenvalue weighted by Crippen LogP contribution is 2.35. The van der Waals surface area contributed by atoms with Crippen LogP contribution < -0.4 is 0 Å². The fourth-order valence-corrected chi connectivity index (χ4v) is 4.94. The number of aromatic nitrogens is 5. The molecule has 0 N–H and O–H groups in total. The highest BCUT2D eigenvalue weighted by atomic mass is 32.2. The fraction of sp³-hybridized carbons (Fsp3) is 0.148. The number of hydrogen-bond acceptors (Lipinski definition) is 5. The number of hydrogen-bond donors (Lipinski definition) is 0. The molecule has 0 saturated heterocycles. The Morgan fingerprint density at radius 2 is 1.44 bits per heavy atom. The Hall–Kier alpha value is -4.46. The molecule has 0 unspecified atom stereocenters. The molecule has 5 rings (SSSR count). The molecule has 3 aromatic carbocycles. The topological polar surface area (TPSA) is 82.7 Å². The number of aryl methyl sites for hydroxylation is 1. The Balaban J connectivity index is 1.72. The summed E-state index contributed by atoms with van der Waals surface area (Å²) < 4.78 is 106. The van der Waals surface area contributed by atoms with E-state index in [0.29, 0.717) is 16.7 Å². The van der Waals surface area contributed by atoms with Crippen LogP contribution in [0.1, 0.15) is 17.1 Å². The minimum Gasteiger partial charge on any atom is -0.301 e. The molecule has 7 nitrogen and oxygen atoms in total. The molecule has 0 aliphatic rings. The molecule has 5 aromatic rings. The second kappa shape index (κ2) is 9.87. The third kappa shape index (κ3) is 5.59. The Labute approximate surface area is 229 Å². The van der Waals surface area contributed by atoms with Crippen LogP contribution >= 0.6 is 0 Å². The van der Waals surface area contributed by atoms with E-state index >= 15 is 0 Å². The first-order chi connectivity index (χ1) is 19.1. The first kappa shape index (κ1) is 28.1. The lowest BCUT2D eigenvalue weighted by Gasteiger charge is -2.16. The maximum atomic E-state index is 13.5. The summed E-state index contributed by atoms with van der Waals surface area (Å²) in [5, 5.41) is 7.99. The molecule has 41 heavy (non-hydrogen) atoms. The molecule has 0 atom stereocenters. The summed E-state index contributed by atoms with van der Waals surface area (Å²) in [6.45, 7) is 1.39. The molecule has 0 aliphatic heterocycles. The highest BCUT2D eigenvalue weighted by molar-refractivity contribution is 7.90. The van der Waals surface area contributed by atoms with Gasteiger partial charge in [-0.3, -0.25) is 0 Å². The highest BCUT2D eigenvalue weighted by Gasteiger charge is 2.35. The third-order valence-corrected chi connectivity index (χ3v) is 7.40. The van der Waals surface area contributed by atoms with E-state index < -0.39 is 33.4 Å². The number of rotatable bonds is 5. The van der Waals surface area contributed by atoms with Crippen molar-refractivity contribution in [2.24, 2.45) is 0 Å². The van der Waals surface area contributed by atoms with Crippen LogP contribution in [0.5, 0.6) is 0 Å². The van der Waals surface area contributed by atoms with Gasteiger partial charge in [0, 0.05) is 18.0 Å². The van der Waals surface area contributed by atoms with Gasteiger partial charge in [0.1, 0.15) is 5.82 Å². The van der Waals surface area contributed by atoms with Gasteiger partial charge in [-0.25, -0.2) is 18.1 Å². The molecular weight excluding hydrogens is 572 g/mol. The SMILES string of the molecule is Cc1nc(C(F)(F)F)cn1-c1ccc(-c2cccc(S(C)(=O)=O)c2)cc1-n1nncc1-c1ccc(C(F)(F)F)cc1. The van der Waals surface area contributed by atoms with Crippen LogP contribution in [-0.4, -0.2) is 39.2 Å². The van der Waals surface area contributed by atoms with Crippen LogP contribution in [0, 0.1) is 6.92 Å². The quantitative estimate of drug-likeness (QED) is 0.217. The summed E-state index contributed by atoms with van der Waals surface area (Å²) in [4.78, 5) is 3.69. The van der Waals surface area contributed by atoms with Gasteiger partial charge >= 0.3 is 12.4 Å². The van der Waals surface area contributed by atoms with Crippen molar-refractivity contribution in [1.29, 1.82) is 0 Å². The van der Waals surface area contributed by atoms with Crippen LogP contribution in [0.25, 0.3) is 33.8 Å². The predicted molar refractivity (Wildman–Crippen MR) is 137 cm³/mol. The predicted octanol–water partition coefficient (Wildman–Crippen LogP) is 6.54. The number of imidazole rings is 1. The average molecular weight is 592 g/mol. The molecule has 0 amide bonds. The van der Waals surface area contributed by atoms with Crippen molar-refractivity contribution in [1.82, 2.24) is 24.5 Å². The van der Waals surface area contributed by atoms with E-state index in [2.05, 4.69) is 15.3 Å². The Kier molecular flexibility index (Phi) is 6.76. The van der Waals surface area contributed by atoms with E-state index in [1.165, 1.54) is 52.7 Å². The summed E-state index contributed by atoms with van der Waals surface area (Å²) in [6, 6.07) is 15.1.